The number of benzene rings is 1. The number of non-ortho nitro benzene ring substituents is 1. The molecular formula is C11H13NO5. The van der Waals surface area contributed by atoms with Crippen molar-refractivity contribution in [1.29, 1.82) is 0 Å². The molecule has 0 amide bonds. The van der Waals surface area contributed by atoms with E-state index in [1.165, 1.54) is 19.2 Å². The maximum atomic E-state index is 11.7. The van der Waals surface area contributed by atoms with Crippen LogP contribution >= 0.6 is 0 Å². The molecule has 0 aliphatic rings. The fourth-order valence-corrected chi connectivity index (χ4v) is 1.25. The van der Waals surface area contributed by atoms with Gasteiger partial charge < -0.3 is 9.47 Å². The molecule has 1 rings (SSSR count). The fourth-order valence-electron chi connectivity index (χ4n) is 1.25. The van der Waals surface area contributed by atoms with E-state index in [9.17, 15) is 14.9 Å². The van der Waals surface area contributed by atoms with Crippen molar-refractivity contribution in [2.75, 3.05) is 7.11 Å². The number of carbonyl (C=O) groups excluding carboxylic acids is 1. The number of nitro benzene ring substituents is 1. The molecule has 0 atom stereocenters. The molecule has 0 radical (unpaired) electrons. The third-order valence-corrected chi connectivity index (χ3v) is 1.96. The average Bonchev–Trinajstić information content (AvgIpc) is 2.27. The minimum Gasteiger partial charge on any atom is -0.496 e. The number of carbonyl (C=O) groups is 1. The molecule has 0 aromatic heterocycles. The molecule has 0 N–H and O–H groups in total. The molecule has 0 saturated heterocycles. The van der Waals surface area contributed by atoms with Crippen LogP contribution in [0.25, 0.3) is 0 Å². The molecular weight excluding hydrogens is 226 g/mol. The molecule has 6 nitrogen and oxygen atoms in total. The first-order valence-electron chi connectivity index (χ1n) is 4.99. The van der Waals surface area contributed by atoms with Crippen molar-refractivity contribution in [1.82, 2.24) is 0 Å². The topological polar surface area (TPSA) is 78.7 Å². The molecule has 17 heavy (non-hydrogen) atoms. The Balaban J connectivity index is 3.14. The predicted octanol–water partition coefficient (Wildman–Crippen LogP) is 2.17. The van der Waals surface area contributed by atoms with E-state index in [2.05, 4.69) is 0 Å². The minimum absolute atomic E-state index is 0.0513. The lowest BCUT2D eigenvalue weighted by molar-refractivity contribution is -0.384. The third-order valence-electron chi connectivity index (χ3n) is 1.96. The van der Waals surface area contributed by atoms with Crippen molar-refractivity contribution in [2.45, 2.75) is 20.0 Å². The number of nitro groups is 1. The van der Waals surface area contributed by atoms with Gasteiger partial charge in [0.2, 0.25) is 0 Å². The molecule has 1 aromatic carbocycles. The van der Waals surface area contributed by atoms with Crippen LogP contribution in [0.2, 0.25) is 0 Å². The summed E-state index contributed by atoms with van der Waals surface area (Å²) in [6.07, 6.45) is -0.300. The zero-order chi connectivity index (χ0) is 13.0. The van der Waals surface area contributed by atoms with E-state index in [1.54, 1.807) is 13.8 Å². The highest BCUT2D eigenvalue weighted by Gasteiger charge is 2.19. The zero-order valence-corrected chi connectivity index (χ0v) is 9.80. The van der Waals surface area contributed by atoms with E-state index in [1.807, 2.05) is 0 Å². The number of hydrogen-bond acceptors (Lipinski definition) is 5. The molecule has 1 aromatic rings. The SMILES string of the molecule is COc1ccc([N+](=O)[O-])cc1C(=O)OC(C)C. The van der Waals surface area contributed by atoms with Gasteiger partial charge in [-0.05, 0) is 19.9 Å². The lowest BCUT2D eigenvalue weighted by atomic mass is 10.2. The summed E-state index contributed by atoms with van der Waals surface area (Å²) in [6.45, 7) is 3.39. The maximum absolute atomic E-state index is 11.7. The zero-order valence-electron chi connectivity index (χ0n) is 9.80. The van der Waals surface area contributed by atoms with E-state index in [4.69, 9.17) is 9.47 Å². The largest absolute Gasteiger partial charge is 0.496 e. The number of rotatable bonds is 4. The second-order valence-electron chi connectivity index (χ2n) is 3.60. The van der Waals surface area contributed by atoms with Crippen molar-refractivity contribution < 1.29 is 19.2 Å². The van der Waals surface area contributed by atoms with Crippen molar-refractivity contribution in [3.05, 3.63) is 33.9 Å². The highest BCUT2D eigenvalue weighted by atomic mass is 16.6. The van der Waals surface area contributed by atoms with E-state index in [0.29, 0.717) is 0 Å². The van der Waals surface area contributed by atoms with Gasteiger partial charge >= 0.3 is 5.97 Å². The van der Waals surface area contributed by atoms with Crippen LogP contribution in [0.3, 0.4) is 0 Å². The molecule has 0 aliphatic heterocycles. The van der Waals surface area contributed by atoms with Gasteiger partial charge in [-0.1, -0.05) is 0 Å². The molecule has 0 spiro atoms. The van der Waals surface area contributed by atoms with Gasteiger partial charge in [-0.2, -0.15) is 0 Å². The van der Waals surface area contributed by atoms with Crippen LogP contribution in [0.5, 0.6) is 5.75 Å². The van der Waals surface area contributed by atoms with Crippen molar-refractivity contribution in [3.63, 3.8) is 0 Å². The second-order valence-corrected chi connectivity index (χ2v) is 3.60. The molecule has 92 valence electrons. The van der Waals surface area contributed by atoms with Gasteiger partial charge in [0.1, 0.15) is 11.3 Å². The van der Waals surface area contributed by atoms with Crippen molar-refractivity contribution >= 4 is 11.7 Å². The lowest BCUT2D eigenvalue weighted by Crippen LogP contribution is -2.13. The highest BCUT2D eigenvalue weighted by molar-refractivity contribution is 5.93. The Kier molecular flexibility index (Phi) is 4.03. The first kappa shape index (κ1) is 13.0. The lowest BCUT2D eigenvalue weighted by Gasteiger charge is -2.10. The second kappa shape index (κ2) is 5.29. The van der Waals surface area contributed by atoms with Crippen LogP contribution in [0.1, 0.15) is 24.2 Å². The van der Waals surface area contributed by atoms with Gasteiger partial charge in [0.25, 0.3) is 5.69 Å². The minimum atomic E-state index is -0.638. The number of nitrogens with zero attached hydrogens (tertiary/aromatic N) is 1. The van der Waals surface area contributed by atoms with Crippen LogP contribution in [0, 0.1) is 10.1 Å². The number of hydrogen-bond donors (Lipinski definition) is 0. The normalized spacial score (nSPS) is 10.1. The van der Waals surface area contributed by atoms with Gasteiger partial charge in [-0.3, -0.25) is 10.1 Å². The molecule has 0 fully saturated rings. The smallest absolute Gasteiger partial charge is 0.342 e. The van der Waals surface area contributed by atoms with Gasteiger partial charge in [-0.15, -0.1) is 0 Å². The number of methoxy groups -OCH3 is 1. The Morgan fingerprint density at radius 3 is 2.53 bits per heavy atom. The molecule has 0 aliphatic carbocycles. The third kappa shape index (κ3) is 3.17. The Labute approximate surface area is 98.3 Å². The molecule has 0 heterocycles. The van der Waals surface area contributed by atoms with Gasteiger partial charge in [0, 0.05) is 12.1 Å². The first-order valence-corrected chi connectivity index (χ1v) is 4.99. The summed E-state index contributed by atoms with van der Waals surface area (Å²) < 4.78 is 9.93. The van der Waals surface area contributed by atoms with Crippen LogP contribution in [-0.4, -0.2) is 24.1 Å². The van der Waals surface area contributed by atoms with E-state index < -0.39 is 10.9 Å². The quantitative estimate of drug-likeness (QED) is 0.457. The summed E-state index contributed by atoms with van der Waals surface area (Å²) in [6, 6.07) is 3.78. The van der Waals surface area contributed by atoms with Crippen LogP contribution in [-0.2, 0) is 4.74 Å². The van der Waals surface area contributed by atoms with Gasteiger partial charge in [0.05, 0.1) is 18.1 Å². The summed E-state index contributed by atoms with van der Waals surface area (Å²) >= 11 is 0. The van der Waals surface area contributed by atoms with Crippen LogP contribution < -0.4 is 4.74 Å². The Bertz CT molecular complexity index is 441. The predicted molar refractivity (Wildman–Crippen MR) is 60.2 cm³/mol. The van der Waals surface area contributed by atoms with Gasteiger partial charge in [-0.25, -0.2) is 4.79 Å². The standard InChI is InChI=1S/C11H13NO5/c1-7(2)17-11(13)9-6-8(12(14)15)4-5-10(9)16-3/h4-7H,1-3H3. The van der Waals surface area contributed by atoms with Crippen LogP contribution in [0.4, 0.5) is 5.69 Å². The summed E-state index contributed by atoms with van der Waals surface area (Å²) in [5.74, 6) is -0.387. The first-order chi connectivity index (χ1) is 7.95. The van der Waals surface area contributed by atoms with Crippen LogP contribution in [0.15, 0.2) is 18.2 Å². The molecule has 6 heteroatoms. The van der Waals surface area contributed by atoms with Crippen molar-refractivity contribution in [2.24, 2.45) is 0 Å². The Morgan fingerprint density at radius 2 is 2.06 bits per heavy atom. The average molecular weight is 239 g/mol. The maximum Gasteiger partial charge on any atom is 0.342 e. The molecule has 0 unspecified atom stereocenters. The van der Waals surface area contributed by atoms with E-state index in [-0.39, 0.29) is 23.1 Å². The van der Waals surface area contributed by atoms with Crippen molar-refractivity contribution in [3.8, 4) is 5.75 Å². The number of ether oxygens (including phenoxy) is 2. The summed E-state index contributed by atoms with van der Waals surface area (Å²) in [5.41, 5.74) is -0.128. The Hall–Kier alpha value is -2.11. The summed E-state index contributed by atoms with van der Waals surface area (Å²) in [4.78, 5) is 21.7. The monoisotopic (exact) mass is 239 g/mol. The molecule has 0 bridgehead atoms. The highest BCUT2D eigenvalue weighted by Crippen LogP contribution is 2.24. The fraction of sp³-hybridized carbons (Fsp3) is 0.364. The Morgan fingerprint density at radius 1 is 1.41 bits per heavy atom. The van der Waals surface area contributed by atoms with E-state index >= 15 is 0 Å². The summed E-state index contributed by atoms with van der Waals surface area (Å²) in [5, 5.41) is 10.6. The summed E-state index contributed by atoms with van der Waals surface area (Å²) in [7, 11) is 1.38. The van der Waals surface area contributed by atoms with Gasteiger partial charge in [0.15, 0.2) is 0 Å². The number of esters is 1. The molecule has 0 saturated carbocycles. The van der Waals surface area contributed by atoms with E-state index in [0.717, 1.165) is 6.07 Å².